The minimum Gasteiger partial charge on any atom is -0.378 e. The van der Waals surface area contributed by atoms with Gasteiger partial charge < -0.3 is 5.11 Å². The third-order valence-electron chi connectivity index (χ3n) is 4.88. The molecule has 0 radical (unpaired) electrons. The maximum Gasteiger partial charge on any atom is 0.107 e. The lowest BCUT2D eigenvalue weighted by atomic mass is 10.1. The van der Waals surface area contributed by atoms with Gasteiger partial charge in [0.1, 0.15) is 6.23 Å². The van der Waals surface area contributed by atoms with Crippen molar-refractivity contribution in [3.63, 3.8) is 0 Å². The average molecular weight is 328 g/mol. The summed E-state index contributed by atoms with van der Waals surface area (Å²) in [5.41, 5.74) is 0. The van der Waals surface area contributed by atoms with Crippen LogP contribution in [0.3, 0.4) is 0 Å². The highest BCUT2D eigenvalue weighted by atomic mass is 16.3. The van der Waals surface area contributed by atoms with E-state index in [0.717, 1.165) is 19.5 Å². The molecule has 0 saturated heterocycles. The van der Waals surface area contributed by atoms with E-state index in [4.69, 9.17) is 0 Å². The summed E-state index contributed by atoms with van der Waals surface area (Å²) in [6.45, 7) is 8.80. The maximum absolute atomic E-state index is 10.2. The van der Waals surface area contributed by atoms with Gasteiger partial charge in [0.05, 0.1) is 0 Å². The van der Waals surface area contributed by atoms with Gasteiger partial charge in [0.15, 0.2) is 0 Å². The summed E-state index contributed by atoms with van der Waals surface area (Å²) in [6.07, 6.45) is 19.5. The molecule has 2 nitrogen and oxygen atoms in total. The average Bonchev–Trinajstić information content (AvgIpc) is 2.57. The van der Waals surface area contributed by atoms with Crippen molar-refractivity contribution in [3.8, 4) is 0 Å². The van der Waals surface area contributed by atoms with Crippen LogP contribution in [0, 0.1) is 0 Å². The third-order valence-corrected chi connectivity index (χ3v) is 4.88. The van der Waals surface area contributed by atoms with Crippen LogP contribution in [-0.2, 0) is 0 Å². The zero-order valence-corrected chi connectivity index (χ0v) is 16.5. The second-order valence-electron chi connectivity index (χ2n) is 7.17. The van der Waals surface area contributed by atoms with Crippen molar-refractivity contribution < 1.29 is 5.11 Å². The zero-order chi connectivity index (χ0) is 17.2. The highest BCUT2D eigenvalue weighted by Crippen LogP contribution is 2.12. The predicted molar refractivity (Wildman–Crippen MR) is 104 cm³/mol. The number of aliphatic hydroxyl groups excluding tert-OH is 1. The molecule has 0 aromatic heterocycles. The van der Waals surface area contributed by atoms with Gasteiger partial charge in [0.25, 0.3) is 0 Å². The molecule has 1 N–H and O–H groups in total. The lowest BCUT2D eigenvalue weighted by molar-refractivity contribution is -0.00100. The number of nitrogens with zero attached hydrogens (tertiary/aromatic N) is 1. The summed E-state index contributed by atoms with van der Waals surface area (Å²) in [5, 5.41) is 10.2. The minimum absolute atomic E-state index is 0.227. The summed E-state index contributed by atoms with van der Waals surface area (Å²) >= 11 is 0. The van der Waals surface area contributed by atoms with E-state index in [1.165, 1.54) is 89.9 Å². The second-order valence-corrected chi connectivity index (χ2v) is 7.17. The molecule has 1 unspecified atom stereocenters. The number of hydrogen-bond acceptors (Lipinski definition) is 2. The quantitative estimate of drug-likeness (QED) is 0.229. The van der Waals surface area contributed by atoms with Crippen LogP contribution in [0.5, 0.6) is 0 Å². The summed E-state index contributed by atoms with van der Waals surface area (Å²) in [6, 6.07) is 0. The van der Waals surface area contributed by atoms with Crippen molar-refractivity contribution in [2.45, 2.75) is 123 Å². The molecule has 1 atom stereocenters. The first-order chi connectivity index (χ1) is 11.3. The monoisotopic (exact) mass is 327 g/mol. The Morgan fingerprint density at radius 1 is 0.565 bits per heavy atom. The Kier molecular flexibility index (Phi) is 18.2. The van der Waals surface area contributed by atoms with Crippen molar-refractivity contribution in [1.82, 2.24) is 4.90 Å². The van der Waals surface area contributed by atoms with Gasteiger partial charge in [-0.05, 0) is 19.3 Å². The van der Waals surface area contributed by atoms with Gasteiger partial charge in [-0.25, -0.2) is 0 Å². The molecule has 0 aliphatic rings. The van der Waals surface area contributed by atoms with Crippen LogP contribution in [0.15, 0.2) is 0 Å². The Hall–Kier alpha value is -0.0800. The molecule has 0 rings (SSSR count). The van der Waals surface area contributed by atoms with Gasteiger partial charge in [-0.1, -0.05) is 97.8 Å². The van der Waals surface area contributed by atoms with E-state index in [-0.39, 0.29) is 6.23 Å². The van der Waals surface area contributed by atoms with Gasteiger partial charge in [-0.2, -0.15) is 0 Å². The molecule has 0 heterocycles. The van der Waals surface area contributed by atoms with Crippen LogP contribution in [0.1, 0.15) is 117 Å². The zero-order valence-electron chi connectivity index (χ0n) is 16.5. The molecular weight excluding hydrogens is 282 g/mol. The highest BCUT2D eigenvalue weighted by Gasteiger charge is 2.12. The number of rotatable bonds is 18. The smallest absolute Gasteiger partial charge is 0.107 e. The van der Waals surface area contributed by atoms with E-state index < -0.39 is 0 Å². The Morgan fingerprint density at radius 2 is 0.913 bits per heavy atom. The summed E-state index contributed by atoms with van der Waals surface area (Å²) in [4.78, 5) is 2.32. The molecule has 0 spiro atoms. The fourth-order valence-corrected chi connectivity index (χ4v) is 3.21. The largest absolute Gasteiger partial charge is 0.378 e. The van der Waals surface area contributed by atoms with Gasteiger partial charge in [0, 0.05) is 13.1 Å². The van der Waals surface area contributed by atoms with Gasteiger partial charge in [-0.3, -0.25) is 4.90 Å². The first-order valence-corrected chi connectivity index (χ1v) is 10.7. The molecule has 23 heavy (non-hydrogen) atoms. The van der Waals surface area contributed by atoms with E-state index in [9.17, 15) is 5.11 Å². The van der Waals surface area contributed by atoms with Gasteiger partial charge >= 0.3 is 0 Å². The Labute approximate surface area is 147 Å². The van der Waals surface area contributed by atoms with Crippen LogP contribution >= 0.6 is 0 Å². The first-order valence-electron chi connectivity index (χ1n) is 10.7. The minimum atomic E-state index is -0.227. The summed E-state index contributed by atoms with van der Waals surface area (Å²) in [5.74, 6) is 0. The Morgan fingerprint density at radius 3 is 1.26 bits per heavy atom. The molecule has 0 fully saturated rings. The molecule has 140 valence electrons. The molecule has 0 aromatic rings. The van der Waals surface area contributed by atoms with Crippen molar-refractivity contribution in [2.75, 3.05) is 13.1 Å². The topological polar surface area (TPSA) is 23.5 Å². The molecule has 0 bridgehead atoms. The second kappa shape index (κ2) is 18.3. The van der Waals surface area contributed by atoms with Crippen molar-refractivity contribution in [1.29, 1.82) is 0 Å². The molecule has 0 aliphatic heterocycles. The normalized spacial score (nSPS) is 12.9. The van der Waals surface area contributed by atoms with Crippen LogP contribution in [0.2, 0.25) is 0 Å². The molecule has 0 aliphatic carbocycles. The fourth-order valence-electron chi connectivity index (χ4n) is 3.21. The Balaban J connectivity index is 3.65. The maximum atomic E-state index is 10.2. The lowest BCUT2D eigenvalue weighted by Gasteiger charge is -2.27. The lowest BCUT2D eigenvalue weighted by Crippen LogP contribution is -2.36. The van der Waals surface area contributed by atoms with E-state index in [1.54, 1.807) is 0 Å². The summed E-state index contributed by atoms with van der Waals surface area (Å²) in [7, 11) is 0. The molecule has 0 saturated carbocycles. The number of hydrogen-bond donors (Lipinski definition) is 1. The SMILES string of the molecule is CCCCCCCCCN(CCCCCCCCC)C(O)CC. The third kappa shape index (κ3) is 15.2. The molecule has 2 heteroatoms. The molecule has 0 amide bonds. The number of aliphatic hydroxyl groups is 1. The van der Waals surface area contributed by atoms with E-state index in [0.29, 0.717) is 0 Å². The van der Waals surface area contributed by atoms with E-state index in [1.807, 2.05) is 0 Å². The van der Waals surface area contributed by atoms with Crippen LogP contribution in [-0.4, -0.2) is 29.3 Å². The first kappa shape index (κ1) is 22.9. The number of unbranched alkanes of at least 4 members (excludes halogenated alkanes) is 12. The van der Waals surface area contributed by atoms with Crippen molar-refractivity contribution in [3.05, 3.63) is 0 Å². The van der Waals surface area contributed by atoms with Gasteiger partial charge in [-0.15, -0.1) is 0 Å². The molecule has 0 aromatic carbocycles. The highest BCUT2D eigenvalue weighted by molar-refractivity contribution is 4.62. The van der Waals surface area contributed by atoms with Crippen molar-refractivity contribution in [2.24, 2.45) is 0 Å². The van der Waals surface area contributed by atoms with Crippen LogP contribution < -0.4 is 0 Å². The van der Waals surface area contributed by atoms with E-state index >= 15 is 0 Å². The van der Waals surface area contributed by atoms with Crippen LogP contribution in [0.4, 0.5) is 0 Å². The molecular formula is C21H45NO. The summed E-state index contributed by atoms with van der Waals surface area (Å²) < 4.78 is 0. The van der Waals surface area contributed by atoms with Crippen LogP contribution in [0.25, 0.3) is 0 Å². The van der Waals surface area contributed by atoms with Crippen molar-refractivity contribution >= 4 is 0 Å². The Bertz CT molecular complexity index is 202. The fraction of sp³-hybridized carbons (Fsp3) is 1.00. The standard InChI is InChI=1S/C21H45NO/c1-4-7-9-11-13-15-17-19-22(21(23)6-3)20-18-16-14-12-10-8-5-2/h21,23H,4-20H2,1-3H3. The van der Waals surface area contributed by atoms with E-state index in [2.05, 4.69) is 25.7 Å². The van der Waals surface area contributed by atoms with Gasteiger partial charge in [0.2, 0.25) is 0 Å². The predicted octanol–water partition coefficient (Wildman–Crippen LogP) is 6.52.